The number of rotatable bonds is 6. The number of aromatic nitrogens is 9. The lowest BCUT2D eigenvalue weighted by molar-refractivity contribution is 1.06. The first-order chi connectivity index (χ1) is 25.2. The average molecular weight is 658 g/mol. The van der Waals surface area contributed by atoms with E-state index >= 15 is 0 Å². The third kappa shape index (κ3) is 5.30. The molecule has 51 heavy (non-hydrogen) atoms. The van der Waals surface area contributed by atoms with Crippen LogP contribution in [-0.2, 0) is 0 Å². The second-order valence-electron chi connectivity index (χ2n) is 12.5. The molecular weight excluding hydrogens is 631 g/mol. The largest absolute Gasteiger partial charge is 0.306 e. The Morgan fingerprint density at radius 2 is 0.627 bits per heavy atom. The number of fused-ring (bicyclic) bond motifs is 3. The molecule has 0 aliphatic rings. The lowest BCUT2D eigenvalue weighted by atomic mass is 10.0. The molecule has 0 atom stereocenters. The summed E-state index contributed by atoms with van der Waals surface area (Å²) < 4.78 is 6.00. The predicted octanol–water partition coefficient (Wildman–Crippen LogP) is 8.89. The molecule has 0 spiro atoms. The van der Waals surface area contributed by atoms with Crippen molar-refractivity contribution in [2.75, 3.05) is 0 Å². The fourth-order valence-electron chi connectivity index (χ4n) is 6.60. The fourth-order valence-corrected chi connectivity index (χ4v) is 6.60. The summed E-state index contributed by atoms with van der Waals surface area (Å²) in [7, 11) is 0. The number of nitrogens with zero attached hydrogens (tertiary/aromatic N) is 9. The Bertz CT molecular complexity index is 2530. The lowest BCUT2D eigenvalue weighted by Crippen LogP contribution is -2.00. The molecule has 0 amide bonds. The topological polar surface area (TPSA) is 92.1 Å². The molecule has 0 N–H and O–H groups in total. The molecule has 0 fully saturated rings. The van der Waals surface area contributed by atoms with Gasteiger partial charge in [0.25, 0.3) is 0 Å². The van der Waals surface area contributed by atoms with Crippen LogP contribution in [-0.4, -0.2) is 43.6 Å². The fraction of sp³-hybridized carbons (Fsp3) is 0. The van der Waals surface area contributed by atoms with Crippen molar-refractivity contribution >= 4 is 32.3 Å². The van der Waals surface area contributed by atoms with Crippen molar-refractivity contribution < 1.29 is 0 Å². The monoisotopic (exact) mass is 657 g/mol. The SMILES string of the molecule is c1cn(-c2ccc3ccc(-c4nc(-c5ccc6ccc(-n7ccnc7)cc6c5)nc(-c5ccc6ccc(-n7ccnc7)cc6c5)n4)cc3c2)cn1. The Kier molecular flexibility index (Phi) is 6.60. The summed E-state index contributed by atoms with van der Waals surface area (Å²) in [6.45, 7) is 0. The van der Waals surface area contributed by atoms with Crippen LogP contribution in [0.25, 0.3) is 83.5 Å². The molecule has 0 saturated heterocycles. The maximum atomic E-state index is 5.10. The standard InChI is InChI=1S/C42H27N9/c1-4-31(19-34-22-37(10-7-28(1)34)49-16-13-43-25-49)40-46-41(32-5-2-29-8-11-38(23-35(29)20-32)50-17-14-44-26-50)48-42(47-40)33-6-3-30-9-12-39(24-36(30)21-33)51-18-15-45-27-51/h1-27H. The zero-order chi connectivity index (χ0) is 33.7. The van der Waals surface area contributed by atoms with Crippen LogP contribution in [0, 0.1) is 0 Å². The van der Waals surface area contributed by atoms with Gasteiger partial charge in [-0.3, -0.25) is 0 Å². The van der Waals surface area contributed by atoms with Crippen molar-refractivity contribution in [1.29, 1.82) is 0 Å². The highest BCUT2D eigenvalue weighted by Gasteiger charge is 2.15. The van der Waals surface area contributed by atoms with Crippen LogP contribution < -0.4 is 0 Å². The van der Waals surface area contributed by atoms with Crippen LogP contribution in [0.2, 0.25) is 0 Å². The van der Waals surface area contributed by atoms with Crippen molar-refractivity contribution in [2.45, 2.75) is 0 Å². The van der Waals surface area contributed by atoms with Crippen molar-refractivity contribution in [2.24, 2.45) is 0 Å². The zero-order valence-corrected chi connectivity index (χ0v) is 27.1. The third-order valence-corrected chi connectivity index (χ3v) is 9.29. The Morgan fingerprint density at radius 1 is 0.314 bits per heavy atom. The summed E-state index contributed by atoms with van der Waals surface area (Å²) in [5, 5.41) is 6.63. The first-order valence-electron chi connectivity index (χ1n) is 16.5. The molecule has 0 aliphatic heterocycles. The van der Waals surface area contributed by atoms with Gasteiger partial charge in [-0.1, -0.05) is 54.6 Å². The summed E-state index contributed by atoms with van der Waals surface area (Å²) in [4.78, 5) is 28.0. The van der Waals surface area contributed by atoms with Crippen molar-refractivity contribution in [3.05, 3.63) is 165 Å². The average Bonchev–Trinajstić information content (AvgIpc) is 4.02. The molecule has 0 aliphatic carbocycles. The maximum Gasteiger partial charge on any atom is 0.164 e. The van der Waals surface area contributed by atoms with Crippen LogP contribution in [0.5, 0.6) is 0 Å². The van der Waals surface area contributed by atoms with Gasteiger partial charge < -0.3 is 13.7 Å². The normalized spacial score (nSPS) is 11.5. The smallest absolute Gasteiger partial charge is 0.164 e. The summed E-state index contributed by atoms with van der Waals surface area (Å²) in [6, 6.07) is 38.2. The zero-order valence-electron chi connectivity index (χ0n) is 27.1. The molecule has 0 bridgehead atoms. The van der Waals surface area contributed by atoms with Gasteiger partial charge in [0.1, 0.15) is 0 Å². The summed E-state index contributed by atoms with van der Waals surface area (Å²) in [6.07, 6.45) is 16.6. The molecule has 9 heteroatoms. The van der Waals surface area contributed by atoms with E-state index in [0.717, 1.165) is 66.1 Å². The number of hydrogen-bond donors (Lipinski definition) is 0. The second kappa shape index (κ2) is 11.7. The van der Waals surface area contributed by atoms with E-state index in [-0.39, 0.29) is 0 Å². The highest BCUT2D eigenvalue weighted by molar-refractivity contribution is 5.91. The summed E-state index contributed by atoms with van der Waals surface area (Å²) in [5.74, 6) is 1.80. The van der Waals surface area contributed by atoms with Gasteiger partial charge in [0, 0.05) is 70.9 Å². The van der Waals surface area contributed by atoms with Gasteiger partial charge in [-0.2, -0.15) is 0 Å². The van der Waals surface area contributed by atoms with Gasteiger partial charge in [-0.15, -0.1) is 0 Å². The van der Waals surface area contributed by atoms with Gasteiger partial charge in [-0.05, 0) is 86.9 Å². The van der Waals surface area contributed by atoms with E-state index < -0.39 is 0 Å². The molecular formula is C42H27N9. The second-order valence-corrected chi connectivity index (χ2v) is 12.5. The highest BCUT2D eigenvalue weighted by atomic mass is 15.0. The molecule has 4 aromatic heterocycles. The quantitative estimate of drug-likeness (QED) is 0.177. The maximum absolute atomic E-state index is 5.10. The van der Waals surface area contributed by atoms with E-state index in [4.69, 9.17) is 15.0 Å². The van der Waals surface area contributed by atoms with Gasteiger partial charge in [0.2, 0.25) is 0 Å². The number of imidazole rings is 3. The molecule has 10 aromatic rings. The van der Waals surface area contributed by atoms with Gasteiger partial charge in [-0.25, -0.2) is 29.9 Å². The van der Waals surface area contributed by atoms with Gasteiger partial charge in [0.15, 0.2) is 17.5 Å². The first-order valence-corrected chi connectivity index (χ1v) is 16.5. The predicted molar refractivity (Wildman–Crippen MR) is 200 cm³/mol. The number of benzene rings is 6. The van der Waals surface area contributed by atoms with Crippen LogP contribution in [0.15, 0.2) is 165 Å². The molecule has 4 heterocycles. The Morgan fingerprint density at radius 3 is 0.922 bits per heavy atom. The molecule has 6 aromatic carbocycles. The lowest BCUT2D eigenvalue weighted by Gasteiger charge is -2.11. The summed E-state index contributed by atoms with van der Waals surface area (Å²) in [5.41, 5.74) is 5.81. The molecule has 10 rings (SSSR count). The molecule has 9 nitrogen and oxygen atoms in total. The van der Waals surface area contributed by atoms with Crippen molar-refractivity contribution in [3.8, 4) is 51.2 Å². The highest BCUT2D eigenvalue weighted by Crippen LogP contribution is 2.31. The van der Waals surface area contributed by atoms with E-state index in [1.165, 1.54) is 0 Å². The van der Waals surface area contributed by atoms with E-state index in [0.29, 0.717) is 17.5 Å². The van der Waals surface area contributed by atoms with Crippen LogP contribution in [0.1, 0.15) is 0 Å². The Labute approximate surface area is 291 Å². The Balaban J connectivity index is 1.14. The van der Waals surface area contributed by atoms with Crippen molar-refractivity contribution in [3.63, 3.8) is 0 Å². The van der Waals surface area contributed by atoms with Crippen LogP contribution in [0.4, 0.5) is 0 Å². The van der Waals surface area contributed by atoms with Gasteiger partial charge >= 0.3 is 0 Å². The summed E-state index contributed by atoms with van der Waals surface area (Å²) >= 11 is 0. The van der Waals surface area contributed by atoms with E-state index in [9.17, 15) is 0 Å². The molecule has 240 valence electrons. The molecule has 0 unspecified atom stereocenters. The van der Waals surface area contributed by atoms with Crippen LogP contribution >= 0.6 is 0 Å². The first kappa shape index (κ1) is 28.7. The van der Waals surface area contributed by atoms with E-state index in [1.807, 2.05) is 32.3 Å². The minimum Gasteiger partial charge on any atom is -0.306 e. The molecule has 0 saturated carbocycles. The third-order valence-electron chi connectivity index (χ3n) is 9.29. The van der Waals surface area contributed by atoms with Crippen molar-refractivity contribution in [1.82, 2.24) is 43.6 Å². The minimum atomic E-state index is 0.601. The molecule has 0 radical (unpaired) electrons. The van der Waals surface area contributed by atoms with Crippen LogP contribution in [0.3, 0.4) is 0 Å². The van der Waals surface area contributed by atoms with E-state index in [2.05, 4.69) is 124 Å². The van der Waals surface area contributed by atoms with E-state index in [1.54, 1.807) is 37.6 Å². The minimum absolute atomic E-state index is 0.601. The van der Waals surface area contributed by atoms with Gasteiger partial charge in [0.05, 0.1) is 19.0 Å². The number of hydrogen-bond acceptors (Lipinski definition) is 6. The Hall–Kier alpha value is -7.26.